The number of esters is 1. The molecule has 0 aliphatic carbocycles. The van der Waals surface area contributed by atoms with E-state index >= 15 is 0 Å². The molecule has 0 aromatic carbocycles. The van der Waals surface area contributed by atoms with Gasteiger partial charge in [0.25, 0.3) is 0 Å². The number of nitrogens with one attached hydrogen (secondary N) is 1. The molecule has 1 atom stereocenters. The van der Waals surface area contributed by atoms with Gasteiger partial charge in [0, 0.05) is 6.54 Å². The number of carbonyl (C=O) groups excluding carboxylic acids is 1. The third-order valence-corrected chi connectivity index (χ3v) is 1.40. The van der Waals surface area contributed by atoms with E-state index in [1.807, 2.05) is 6.92 Å². The molecule has 0 aliphatic rings. The van der Waals surface area contributed by atoms with Crippen LogP contribution in [0.5, 0.6) is 0 Å². The molecule has 0 saturated heterocycles. The summed E-state index contributed by atoms with van der Waals surface area (Å²) in [5.74, 6) is -0.277. The zero-order chi connectivity index (χ0) is 8.69. The Kier molecular flexibility index (Phi) is 5.78. The predicted molar refractivity (Wildman–Crippen MR) is 41.2 cm³/mol. The van der Waals surface area contributed by atoms with Gasteiger partial charge >= 0.3 is 5.97 Å². The predicted octanol–water partition coefficient (Wildman–Crippen LogP) is -0.480. The Labute approximate surface area is 66.5 Å². The van der Waals surface area contributed by atoms with E-state index in [1.165, 1.54) is 7.11 Å². The molecule has 0 fully saturated rings. The van der Waals surface area contributed by atoms with Crippen molar-refractivity contribution in [1.82, 2.24) is 5.32 Å². The summed E-state index contributed by atoms with van der Waals surface area (Å²) in [6.07, 6.45) is 0.673. The van der Waals surface area contributed by atoms with Crippen molar-refractivity contribution in [2.45, 2.75) is 19.4 Å². The van der Waals surface area contributed by atoms with Gasteiger partial charge in [-0.25, -0.2) is 0 Å². The van der Waals surface area contributed by atoms with Crippen molar-refractivity contribution in [2.75, 3.05) is 20.3 Å². The summed E-state index contributed by atoms with van der Waals surface area (Å²) >= 11 is 0. The van der Waals surface area contributed by atoms with Gasteiger partial charge in [-0.15, -0.1) is 0 Å². The summed E-state index contributed by atoms with van der Waals surface area (Å²) in [4.78, 5) is 10.9. The fourth-order valence-corrected chi connectivity index (χ4v) is 0.775. The number of hydrogen-bond acceptors (Lipinski definition) is 4. The first kappa shape index (κ1) is 10.4. The van der Waals surface area contributed by atoms with Crippen LogP contribution in [0, 0.1) is 0 Å². The maximum atomic E-state index is 10.9. The molecule has 0 aromatic heterocycles. The molecule has 0 aliphatic heterocycles. The van der Waals surface area contributed by atoms with E-state index in [-0.39, 0.29) is 18.6 Å². The second-order valence-electron chi connectivity index (χ2n) is 2.16. The van der Waals surface area contributed by atoms with Gasteiger partial charge in [0.1, 0.15) is 6.04 Å². The largest absolute Gasteiger partial charge is 0.468 e. The van der Waals surface area contributed by atoms with Crippen molar-refractivity contribution in [3.63, 3.8) is 0 Å². The Balaban J connectivity index is 3.65. The molecule has 0 radical (unpaired) electrons. The summed E-state index contributed by atoms with van der Waals surface area (Å²) in [6, 6.07) is -0.285. The summed E-state index contributed by atoms with van der Waals surface area (Å²) < 4.78 is 4.52. The van der Waals surface area contributed by atoms with Crippen LogP contribution >= 0.6 is 0 Å². The number of ether oxygens (including phenoxy) is 1. The second kappa shape index (κ2) is 6.12. The molecule has 0 bridgehead atoms. The van der Waals surface area contributed by atoms with Crippen molar-refractivity contribution < 1.29 is 14.6 Å². The molecule has 11 heavy (non-hydrogen) atoms. The molecule has 66 valence electrons. The molecule has 0 rings (SSSR count). The number of carbonyl (C=O) groups is 1. The maximum absolute atomic E-state index is 10.9. The van der Waals surface area contributed by atoms with E-state index < -0.39 is 0 Å². The number of aliphatic hydroxyl groups is 1. The highest BCUT2D eigenvalue weighted by molar-refractivity contribution is 5.75. The Bertz CT molecular complexity index is 116. The first-order chi connectivity index (χ1) is 5.26. The molecular weight excluding hydrogens is 146 g/mol. The van der Waals surface area contributed by atoms with Crippen molar-refractivity contribution in [1.29, 1.82) is 0 Å². The molecule has 0 spiro atoms. The van der Waals surface area contributed by atoms with Crippen LogP contribution in [0.2, 0.25) is 0 Å². The third kappa shape index (κ3) is 3.95. The Morgan fingerprint density at radius 2 is 2.36 bits per heavy atom. The molecule has 4 heteroatoms. The molecular formula is C7H15NO3. The highest BCUT2D eigenvalue weighted by Crippen LogP contribution is 1.92. The minimum atomic E-state index is -0.285. The molecule has 0 unspecified atom stereocenters. The quantitative estimate of drug-likeness (QED) is 0.535. The highest BCUT2D eigenvalue weighted by Gasteiger charge is 2.14. The minimum absolute atomic E-state index is 0.0352. The summed E-state index contributed by atoms with van der Waals surface area (Å²) in [7, 11) is 1.35. The van der Waals surface area contributed by atoms with Gasteiger partial charge in [-0.2, -0.15) is 0 Å². The van der Waals surface area contributed by atoms with E-state index in [2.05, 4.69) is 10.1 Å². The lowest BCUT2D eigenvalue weighted by Crippen LogP contribution is -2.38. The summed E-state index contributed by atoms with van der Waals surface area (Å²) in [5.41, 5.74) is 0. The maximum Gasteiger partial charge on any atom is 0.322 e. The number of aliphatic hydroxyl groups excluding tert-OH is 1. The van der Waals surface area contributed by atoms with Gasteiger partial charge in [0.05, 0.1) is 13.7 Å². The minimum Gasteiger partial charge on any atom is -0.468 e. The van der Waals surface area contributed by atoms with Gasteiger partial charge in [0.15, 0.2) is 0 Å². The SMILES string of the molecule is CC[C@H](NCCO)C(=O)OC. The first-order valence-electron chi connectivity index (χ1n) is 3.68. The van der Waals surface area contributed by atoms with Gasteiger partial charge in [-0.05, 0) is 6.42 Å². The van der Waals surface area contributed by atoms with E-state index in [0.29, 0.717) is 13.0 Å². The van der Waals surface area contributed by atoms with Crippen molar-refractivity contribution in [2.24, 2.45) is 0 Å². The molecule has 0 heterocycles. The van der Waals surface area contributed by atoms with Crippen LogP contribution in [0.25, 0.3) is 0 Å². The van der Waals surface area contributed by atoms with E-state index in [9.17, 15) is 4.79 Å². The average molecular weight is 161 g/mol. The molecule has 0 amide bonds. The van der Waals surface area contributed by atoms with Gasteiger partial charge in [-0.1, -0.05) is 6.92 Å². The first-order valence-corrected chi connectivity index (χ1v) is 3.68. The summed E-state index contributed by atoms with van der Waals surface area (Å²) in [5, 5.41) is 11.3. The monoisotopic (exact) mass is 161 g/mol. The lowest BCUT2D eigenvalue weighted by atomic mass is 10.2. The van der Waals surface area contributed by atoms with Crippen LogP contribution in [0.4, 0.5) is 0 Å². The third-order valence-electron chi connectivity index (χ3n) is 1.40. The van der Waals surface area contributed by atoms with E-state index in [0.717, 1.165) is 0 Å². The van der Waals surface area contributed by atoms with Crippen molar-refractivity contribution in [3.05, 3.63) is 0 Å². The van der Waals surface area contributed by atoms with Crippen LogP contribution in [-0.4, -0.2) is 37.4 Å². The highest BCUT2D eigenvalue weighted by atomic mass is 16.5. The van der Waals surface area contributed by atoms with Crippen molar-refractivity contribution >= 4 is 5.97 Å². The Morgan fingerprint density at radius 3 is 2.73 bits per heavy atom. The lowest BCUT2D eigenvalue weighted by Gasteiger charge is -2.12. The molecule has 2 N–H and O–H groups in total. The number of methoxy groups -OCH3 is 1. The van der Waals surface area contributed by atoms with Gasteiger partial charge in [-0.3, -0.25) is 4.79 Å². The average Bonchev–Trinajstić information content (AvgIpc) is 2.05. The van der Waals surface area contributed by atoms with E-state index in [4.69, 9.17) is 5.11 Å². The van der Waals surface area contributed by atoms with Crippen molar-refractivity contribution in [3.8, 4) is 0 Å². The summed E-state index contributed by atoms with van der Waals surface area (Å²) in [6.45, 7) is 2.34. The van der Waals surface area contributed by atoms with E-state index in [1.54, 1.807) is 0 Å². The zero-order valence-electron chi connectivity index (χ0n) is 6.96. The standard InChI is InChI=1S/C7H15NO3/c1-3-6(7(10)11-2)8-4-5-9/h6,8-9H,3-5H2,1-2H3/t6-/m0/s1. The molecule has 0 saturated carbocycles. The number of rotatable bonds is 5. The van der Waals surface area contributed by atoms with Crippen LogP contribution < -0.4 is 5.32 Å². The van der Waals surface area contributed by atoms with Crippen LogP contribution in [-0.2, 0) is 9.53 Å². The van der Waals surface area contributed by atoms with Crippen LogP contribution in [0.3, 0.4) is 0 Å². The van der Waals surface area contributed by atoms with Gasteiger partial charge in [0.2, 0.25) is 0 Å². The fraction of sp³-hybridized carbons (Fsp3) is 0.857. The number of hydrogen-bond donors (Lipinski definition) is 2. The van der Waals surface area contributed by atoms with Crippen LogP contribution in [0.15, 0.2) is 0 Å². The molecule has 0 aromatic rings. The zero-order valence-corrected chi connectivity index (χ0v) is 6.96. The smallest absolute Gasteiger partial charge is 0.322 e. The molecule has 4 nitrogen and oxygen atoms in total. The van der Waals surface area contributed by atoms with Gasteiger partial charge < -0.3 is 15.2 Å². The lowest BCUT2D eigenvalue weighted by molar-refractivity contribution is -0.143. The normalized spacial score (nSPS) is 12.6. The topological polar surface area (TPSA) is 58.6 Å². The Hall–Kier alpha value is -0.610. The Morgan fingerprint density at radius 1 is 1.73 bits per heavy atom. The fourth-order valence-electron chi connectivity index (χ4n) is 0.775. The van der Waals surface area contributed by atoms with Crippen LogP contribution in [0.1, 0.15) is 13.3 Å². The second-order valence-corrected chi connectivity index (χ2v) is 2.16.